The molecule has 0 fully saturated rings. The SMILES string of the molecule is CCC(C)CNS(=O)(=O)c1ccc(N)cc1[N+](=O)[O-]. The first-order valence-corrected chi connectivity index (χ1v) is 7.29. The Morgan fingerprint density at radius 3 is 2.63 bits per heavy atom. The highest BCUT2D eigenvalue weighted by molar-refractivity contribution is 7.89. The fourth-order valence-electron chi connectivity index (χ4n) is 1.38. The number of rotatable bonds is 6. The van der Waals surface area contributed by atoms with Gasteiger partial charge >= 0.3 is 0 Å². The van der Waals surface area contributed by atoms with Crippen LogP contribution in [0.2, 0.25) is 0 Å². The molecule has 0 radical (unpaired) electrons. The number of hydrogen-bond acceptors (Lipinski definition) is 5. The molecule has 0 aliphatic heterocycles. The van der Waals surface area contributed by atoms with Crippen molar-refractivity contribution in [1.82, 2.24) is 4.72 Å². The van der Waals surface area contributed by atoms with E-state index in [0.717, 1.165) is 18.6 Å². The molecule has 19 heavy (non-hydrogen) atoms. The smallest absolute Gasteiger partial charge is 0.291 e. The number of nitrogens with zero attached hydrogens (tertiary/aromatic N) is 1. The average Bonchev–Trinajstić information content (AvgIpc) is 2.35. The van der Waals surface area contributed by atoms with Gasteiger partial charge in [0, 0.05) is 18.3 Å². The lowest BCUT2D eigenvalue weighted by atomic mass is 10.1. The molecule has 1 unspecified atom stereocenters. The van der Waals surface area contributed by atoms with Crippen molar-refractivity contribution in [3.05, 3.63) is 28.3 Å². The summed E-state index contributed by atoms with van der Waals surface area (Å²) < 4.78 is 26.4. The molecule has 0 bridgehead atoms. The summed E-state index contributed by atoms with van der Waals surface area (Å²) in [6.07, 6.45) is 0.812. The van der Waals surface area contributed by atoms with Crippen LogP contribution in [0.1, 0.15) is 20.3 Å². The third kappa shape index (κ3) is 3.90. The van der Waals surface area contributed by atoms with Gasteiger partial charge in [-0.3, -0.25) is 10.1 Å². The minimum Gasteiger partial charge on any atom is -0.399 e. The van der Waals surface area contributed by atoms with Crippen molar-refractivity contribution in [2.75, 3.05) is 12.3 Å². The Balaban J connectivity index is 3.11. The summed E-state index contributed by atoms with van der Waals surface area (Å²) in [5.41, 5.74) is 5.06. The summed E-state index contributed by atoms with van der Waals surface area (Å²) in [6, 6.07) is 3.51. The lowest BCUT2D eigenvalue weighted by Crippen LogP contribution is -2.28. The van der Waals surface area contributed by atoms with Crippen LogP contribution in [-0.2, 0) is 10.0 Å². The normalized spacial score (nSPS) is 13.2. The molecule has 0 amide bonds. The first-order chi connectivity index (χ1) is 8.77. The Kier molecular flexibility index (Phi) is 4.84. The number of hydrogen-bond donors (Lipinski definition) is 2. The van der Waals surface area contributed by atoms with E-state index >= 15 is 0 Å². The number of sulfonamides is 1. The Hall–Kier alpha value is -1.67. The molecular weight excluding hydrogens is 270 g/mol. The maximum atomic E-state index is 12.0. The van der Waals surface area contributed by atoms with Crippen LogP contribution in [0.4, 0.5) is 11.4 Å². The molecule has 1 aromatic rings. The Morgan fingerprint density at radius 2 is 2.11 bits per heavy atom. The van der Waals surface area contributed by atoms with Crippen LogP contribution in [0.25, 0.3) is 0 Å². The molecule has 0 aromatic heterocycles. The molecule has 8 heteroatoms. The highest BCUT2D eigenvalue weighted by atomic mass is 32.2. The van der Waals surface area contributed by atoms with Gasteiger partial charge in [-0.05, 0) is 18.1 Å². The number of anilines is 1. The van der Waals surface area contributed by atoms with Crippen LogP contribution < -0.4 is 10.5 Å². The Bertz CT molecular complexity index is 571. The Labute approximate surface area is 112 Å². The number of nitrogen functional groups attached to an aromatic ring is 1. The largest absolute Gasteiger partial charge is 0.399 e. The molecule has 106 valence electrons. The predicted octanol–water partition coefficient (Wildman–Crippen LogP) is 1.50. The first kappa shape index (κ1) is 15.4. The topological polar surface area (TPSA) is 115 Å². The van der Waals surface area contributed by atoms with Crippen molar-refractivity contribution < 1.29 is 13.3 Å². The summed E-state index contributed by atoms with van der Waals surface area (Å²) in [5, 5.41) is 10.9. The Morgan fingerprint density at radius 1 is 1.47 bits per heavy atom. The van der Waals surface area contributed by atoms with Crippen LogP contribution >= 0.6 is 0 Å². The third-order valence-electron chi connectivity index (χ3n) is 2.79. The van der Waals surface area contributed by atoms with Crippen LogP contribution in [-0.4, -0.2) is 19.9 Å². The van der Waals surface area contributed by atoms with E-state index in [1.54, 1.807) is 0 Å². The molecule has 0 heterocycles. The molecule has 0 saturated heterocycles. The van der Waals surface area contributed by atoms with E-state index in [1.807, 2.05) is 13.8 Å². The lowest BCUT2D eigenvalue weighted by Gasteiger charge is -2.11. The van der Waals surface area contributed by atoms with Crippen LogP contribution in [0.3, 0.4) is 0 Å². The van der Waals surface area contributed by atoms with Crippen molar-refractivity contribution in [3.8, 4) is 0 Å². The fourth-order valence-corrected chi connectivity index (χ4v) is 2.69. The molecule has 0 saturated carbocycles. The van der Waals surface area contributed by atoms with E-state index in [0.29, 0.717) is 0 Å². The zero-order chi connectivity index (χ0) is 14.6. The second kappa shape index (κ2) is 5.98. The van der Waals surface area contributed by atoms with E-state index < -0.39 is 20.6 Å². The maximum absolute atomic E-state index is 12.0. The van der Waals surface area contributed by atoms with Gasteiger partial charge < -0.3 is 5.73 Å². The molecule has 1 aromatic carbocycles. The summed E-state index contributed by atoms with van der Waals surface area (Å²) in [6.45, 7) is 4.06. The van der Waals surface area contributed by atoms with E-state index in [2.05, 4.69) is 4.72 Å². The molecule has 1 rings (SSSR count). The zero-order valence-electron chi connectivity index (χ0n) is 10.8. The van der Waals surface area contributed by atoms with Gasteiger partial charge in [0.05, 0.1) is 4.92 Å². The second-order valence-corrected chi connectivity index (χ2v) is 6.08. The summed E-state index contributed by atoms with van der Waals surface area (Å²) in [4.78, 5) is 9.75. The van der Waals surface area contributed by atoms with E-state index in [9.17, 15) is 18.5 Å². The van der Waals surface area contributed by atoms with Gasteiger partial charge in [-0.25, -0.2) is 13.1 Å². The summed E-state index contributed by atoms with van der Waals surface area (Å²) in [7, 11) is -3.91. The van der Waals surface area contributed by atoms with Gasteiger partial charge in [-0.2, -0.15) is 0 Å². The molecule has 0 aliphatic rings. The van der Waals surface area contributed by atoms with Crippen LogP contribution in [0.15, 0.2) is 23.1 Å². The van der Waals surface area contributed by atoms with Crippen molar-refractivity contribution in [1.29, 1.82) is 0 Å². The number of nitrogens with one attached hydrogen (secondary N) is 1. The van der Waals surface area contributed by atoms with Crippen LogP contribution in [0, 0.1) is 16.0 Å². The highest BCUT2D eigenvalue weighted by Crippen LogP contribution is 2.25. The maximum Gasteiger partial charge on any atom is 0.291 e. The molecule has 7 nitrogen and oxygen atoms in total. The molecule has 1 atom stereocenters. The minimum atomic E-state index is -3.91. The first-order valence-electron chi connectivity index (χ1n) is 5.81. The summed E-state index contributed by atoms with van der Waals surface area (Å²) in [5.74, 6) is 0.155. The van der Waals surface area contributed by atoms with Gasteiger partial charge in [0.2, 0.25) is 10.0 Å². The fraction of sp³-hybridized carbons (Fsp3) is 0.455. The van der Waals surface area contributed by atoms with E-state index in [-0.39, 0.29) is 23.0 Å². The van der Waals surface area contributed by atoms with E-state index in [4.69, 9.17) is 5.73 Å². The lowest BCUT2D eigenvalue weighted by molar-refractivity contribution is -0.387. The van der Waals surface area contributed by atoms with Crippen LogP contribution in [0.5, 0.6) is 0 Å². The van der Waals surface area contributed by atoms with Crippen molar-refractivity contribution in [3.63, 3.8) is 0 Å². The monoisotopic (exact) mass is 287 g/mol. The number of nitrogens with two attached hydrogens (primary N) is 1. The minimum absolute atomic E-state index is 0.146. The third-order valence-corrected chi connectivity index (χ3v) is 4.26. The standard InChI is InChI=1S/C11H17N3O4S/c1-3-8(2)7-13-19(17,18)11-5-4-9(12)6-10(11)14(15)16/h4-6,8,13H,3,7,12H2,1-2H3. The predicted molar refractivity (Wildman–Crippen MR) is 72.2 cm³/mol. The van der Waals surface area contributed by atoms with Crippen molar-refractivity contribution in [2.24, 2.45) is 5.92 Å². The van der Waals surface area contributed by atoms with Gasteiger partial charge in [-0.15, -0.1) is 0 Å². The second-order valence-electron chi connectivity index (χ2n) is 4.35. The molecule has 0 aliphatic carbocycles. The van der Waals surface area contributed by atoms with Gasteiger partial charge in [0.15, 0.2) is 4.90 Å². The van der Waals surface area contributed by atoms with E-state index in [1.165, 1.54) is 6.07 Å². The van der Waals surface area contributed by atoms with Gasteiger partial charge in [0.1, 0.15) is 0 Å². The number of nitro groups is 1. The van der Waals surface area contributed by atoms with Gasteiger partial charge in [-0.1, -0.05) is 20.3 Å². The quantitative estimate of drug-likeness (QED) is 0.467. The summed E-state index contributed by atoms with van der Waals surface area (Å²) >= 11 is 0. The molecule has 0 spiro atoms. The van der Waals surface area contributed by atoms with Crippen molar-refractivity contribution >= 4 is 21.4 Å². The molecular formula is C11H17N3O4S. The number of benzene rings is 1. The number of nitro benzene ring substituents is 1. The highest BCUT2D eigenvalue weighted by Gasteiger charge is 2.25. The molecule has 3 N–H and O–H groups in total. The zero-order valence-corrected chi connectivity index (χ0v) is 11.6. The average molecular weight is 287 g/mol. The van der Waals surface area contributed by atoms with Gasteiger partial charge in [0.25, 0.3) is 5.69 Å². The van der Waals surface area contributed by atoms with Crippen molar-refractivity contribution in [2.45, 2.75) is 25.2 Å².